The molecule has 10 heteroatoms. The summed E-state index contributed by atoms with van der Waals surface area (Å²) in [4.78, 5) is 14.5. The van der Waals surface area contributed by atoms with Gasteiger partial charge in [0.1, 0.15) is 0 Å². The number of sulfonamides is 1. The van der Waals surface area contributed by atoms with Crippen molar-refractivity contribution < 1.29 is 13.2 Å². The number of carbonyl (C=O) groups excluding carboxylic acids is 1. The van der Waals surface area contributed by atoms with Crippen LogP contribution in [0.3, 0.4) is 0 Å². The number of amides is 1. The molecule has 0 saturated heterocycles. The maximum atomic E-state index is 12.6. The number of benzene rings is 1. The average molecular weight is 452 g/mol. The van der Waals surface area contributed by atoms with Gasteiger partial charge in [-0.2, -0.15) is 0 Å². The first-order valence-corrected chi connectivity index (χ1v) is 12.9. The third-order valence-corrected chi connectivity index (χ3v) is 7.64. The molecule has 0 spiro atoms. The number of hydrogen-bond acceptors (Lipinski definition) is 6. The molecular formula is C20H29N5O3S2. The van der Waals surface area contributed by atoms with Gasteiger partial charge in [0, 0.05) is 20.1 Å². The van der Waals surface area contributed by atoms with Crippen LogP contribution in [-0.4, -0.2) is 59.1 Å². The summed E-state index contributed by atoms with van der Waals surface area (Å²) in [5, 5.41) is 8.93. The molecule has 1 aromatic heterocycles. The molecule has 0 atom stereocenters. The van der Waals surface area contributed by atoms with Crippen LogP contribution < -0.4 is 4.31 Å². The Morgan fingerprint density at radius 3 is 2.47 bits per heavy atom. The van der Waals surface area contributed by atoms with E-state index in [4.69, 9.17) is 0 Å². The van der Waals surface area contributed by atoms with Crippen LogP contribution in [0.4, 0.5) is 5.69 Å². The van der Waals surface area contributed by atoms with E-state index >= 15 is 0 Å². The van der Waals surface area contributed by atoms with E-state index in [-0.39, 0.29) is 18.2 Å². The Labute approximate surface area is 182 Å². The molecule has 3 rings (SSSR count). The summed E-state index contributed by atoms with van der Waals surface area (Å²) in [6.45, 7) is 0.0723. The fraction of sp³-hybridized carbons (Fsp3) is 0.550. The van der Waals surface area contributed by atoms with E-state index < -0.39 is 10.0 Å². The van der Waals surface area contributed by atoms with Crippen LogP contribution in [-0.2, 0) is 28.4 Å². The number of nitrogens with zero attached hydrogens (tertiary/aromatic N) is 5. The Bertz CT molecular complexity index is 956. The number of thioether (sulfide) groups is 1. The van der Waals surface area contributed by atoms with Gasteiger partial charge >= 0.3 is 0 Å². The van der Waals surface area contributed by atoms with Crippen molar-refractivity contribution >= 4 is 33.4 Å². The van der Waals surface area contributed by atoms with Gasteiger partial charge < -0.3 is 9.47 Å². The monoisotopic (exact) mass is 451 g/mol. The minimum Gasteiger partial charge on any atom is -0.342 e. The Morgan fingerprint density at radius 1 is 1.17 bits per heavy atom. The quantitative estimate of drug-likeness (QED) is 0.574. The van der Waals surface area contributed by atoms with Crippen molar-refractivity contribution in [3.63, 3.8) is 0 Å². The maximum Gasteiger partial charge on any atom is 0.233 e. The van der Waals surface area contributed by atoms with Gasteiger partial charge in [-0.25, -0.2) is 8.42 Å². The lowest BCUT2D eigenvalue weighted by Crippen LogP contribution is -2.39. The van der Waals surface area contributed by atoms with Gasteiger partial charge in [-0.1, -0.05) is 49.2 Å². The lowest BCUT2D eigenvalue weighted by Gasteiger charge is -2.31. The summed E-state index contributed by atoms with van der Waals surface area (Å²) in [5.74, 6) is 0.881. The zero-order valence-corrected chi connectivity index (χ0v) is 19.3. The normalized spacial score (nSPS) is 15.2. The molecule has 0 radical (unpaired) electrons. The maximum absolute atomic E-state index is 12.6. The molecule has 1 saturated carbocycles. The highest BCUT2D eigenvalue weighted by Crippen LogP contribution is 2.24. The molecule has 2 aromatic rings. The van der Waals surface area contributed by atoms with E-state index in [1.807, 2.05) is 18.0 Å². The summed E-state index contributed by atoms with van der Waals surface area (Å²) < 4.78 is 27.7. The van der Waals surface area contributed by atoms with Crippen LogP contribution in [0, 0.1) is 0 Å². The average Bonchev–Trinajstić information content (AvgIpc) is 3.09. The molecule has 1 aromatic carbocycles. The van der Waals surface area contributed by atoms with Crippen molar-refractivity contribution in [1.29, 1.82) is 0 Å². The van der Waals surface area contributed by atoms with Crippen LogP contribution >= 0.6 is 11.8 Å². The molecule has 30 heavy (non-hydrogen) atoms. The van der Waals surface area contributed by atoms with Gasteiger partial charge in [0.25, 0.3) is 0 Å². The lowest BCUT2D eigenvalue weighted by atomic mass is 9.94. The number of hydrogen-bond donors (Lipinski definition) is 0. The Morgan fingerprint density at radius 2 is 1.83 bits per heavy atom. The second-order valence-electron chi connectivity index (χ2n) is 7.65. The van der Waals surface area contributed by atoms with Crippen LogP contribution in [0.1, 0.15) is 37.9 Å². The van der Waals surface area contributed by atoms with Gasteiger partial charge in [-0.05, 0) is 25.0 Å². The fourth-order valence-electron chi connectivity index (χ4n) is 3.63. The third kappa shape index (κ3) is 5.54. The highest BCUT2D eigenvalue weighted by molar-refractivity contribution is 7.99. The lowest BCUT2D eigenvalue weighted by molar-refractivity contribution is -0.129. The molecule has 1 fully saturated rings. The first-order valence-electron chi connectivity index (χ1n) is 10.1. The van der Waals surface area contributed by atoms with E-state index in [0.29, 0.717) is 22.7 Å². The van der Waals surface area contributed by atoms with E-state index in [2.05, 4.69) is 10.2 Å². The van der Waals surface area contributed by atoms with Crippen molar-refractivity contribution in [2.75, 3.05) is 23.4 Å². The smallest absolute Gasteiger partial charge is 0.233 e. The molecule has 0 N–H and O–H groups in total. The highest BCUT2D eigenvalue weighted by Gasteiger charge is 2.24. The predicted octanol–water partition coefficient (Wildman–Crippen LogP) is 2.66. The number of aromatic nitrogens is 3. The SMILES string of the molecule is CN(C(=O)CSc1nnc(CN(c2ccccc2)S(C)(=O)=O)n1C)C1CCCCC1. The Kier molecular flexibility index (Phi) is 7.41. The van der Waals surface area contributed by atoms with Crippen molar-refractivity contribution in [3.05, 3.63) is 36.2 Å². The molecule has 0 unspecified atom stereocenters. The number of para-hydroxylation sites is 1. The molecule has 0 aliphatic heterocycles. The van der Waals surface area contributed by atoms with Crippen LogP contribution in [0.15, 0.2) is 35.5 Å². The van der Waals surface area contributed by atoms with E-state index in [9.17, 15) is 13.2 Å². The Hall–Kier alpha value is -2.07. The van der Waals surface area contributed by atoms with E-state index in [0.717, 1.165) is 12.8 Å². The van der Waals surface area contributed by atoms with Crippen LogP contribution in [0.5, 0.6) is 0 Å². The number of rotatable bonds is 8. The van der Waals surface area contributed by atoms with Gasteiger partial charge in [-0.15, -0.1) is 10.2 Å². The largest absolute Gasteiger partial charge is 0.342 e. The highest BCUT2D eigenvalue weighted by atomic mass is 32.2. The zero-order chi connectivity index (χ0) is 21.7. The summed E-state index contributed by atoms with van der Waals surface area (Å²) in [7, 11) is 0.181. The molecule has 164 valence electrons. The van der Waals surface area contributed by atoms with Crippen LogP contribution in [0.2, 0.25) is 0 Å². The summed E-state index contributed by atoms with van der Waals surface area (Å²) in [6, 6.07) is 9.23. The third-order valence-electron chi connectivity index (χ3n) is 5.50. The topological polar surface area (TPSA) is 88.4 Å². The van der Waals surface area contributed by atoms with Gasteiger partial charge in [0.05, 0.1) is 24.2 Å². The zero-order valence-electron chi connectivity index (χ0n) is 17.7. The number of carbonyl (C=O) groups is 1. The second-order valence-corrected chi connectivity index (χ2v) is 10.5. The molecule has 1 heterocycles. The first kappa shape index (κ1) is 22.6. The predicted molar refractivity (Wildman–Crippen MR) is 119 cm³/mol. The van der Waals surface area contributed by atoms with Crippen molar-refractivity contribution in [2.24, 2.45) is 7.05 Å². The summed E-state index contributed by atoms with van der Waals surface area (Å²) >= 11 is 1.33. The molecule has 0 bridgehead atoms. The van der Waals surface area contributed by atoms with E-state index in [1.54, 1.807) is 35.9 Å². The molecule has 1 aliphatic carbocycles. The van der Waals surface area contributed by atoms with E-state index in [1.165, 1.54) is 41.6 Å². The van der Waals surface area contributed by atoms with Gasteiger partial charge in [-0.3, -0.25) is 9.10 Å². The minimum absolute atomic E-state index is 0.0723. The molecule has 8 nitrogen and oxygen atoms in total. The minimum atomic E-state index is -3.49. The van der Waals surface area contributed by atoms with Crippen molar-refractivity contribution in [1.82, 2.24) is 19.7 Å². The Balaban J connectivity index is 1.65. The van der Waals surface area contributed by atoms with Crippen molar-refractivity contribution in [3.8, 4) is 0 Å². The standard InChI is InChI=1S/C20H29N5O3S2/c1-23(16-10-6-4-7-11-16)19(26)15-29-20-22-21-18(24(20)2)14-25(30(3,27)28)17-12-8-5-9-13-17/h5,8-9,12-13,16H,4,6-7,10-11,14-15H2,1-3H3. The molecule has 1 aliphatic rings. The molecular weight excluding hydrogens is 422 g/mol. The second kappa shape index (κ2) is 9.82. The van der Waals surface area contributed by atoms with Gasteiger partial charge in [0.2, 0.25) is 15.9 Å². The van der Waals surface area contributed by atoms with Crippen LogP contribution in [0.25, 0.3) is 0 Å². The number of anilines is 1. The summed E-state index contributed by atoms with van der Waals surface area (Å²) in [6.07, 6.45) is 6.93. The summed E-state index contributed by atoms with van der Waals surface area (Å²) in [5.41, 5.74) is 0.571. The van der Waals surface area contributed by atoms with Gasteiger partial charge in [0.15, 0.2) is 11.0 Å². The first-order chi connectivity index (χ1) is 14.3. The van der Waals surface area contributed by atoms with Crippen molar-refractivity contribution in [2.45, 2.75) is 49.8 Å². The fourth-order valence-corrected chi connectivity index (χ4v) is 5.34. The molecule has 1 amide bonds.